The van der Waals surface area contributed by atoms with Crippen LogP contribution in [0.15, 0.2) is 53.6 Å². The number of thioether (sulfide) groups is 1. The largest absolute Gasteiger partial charge is 0.272 e. The summed E-state index contributed by atoms with van der Waals surface area (Å²) in [4.78, 5) is 11.7. The third kappa shape index (κ3) is 5.54. The van der Waals surface area contributed by atoms with Gasteiger partial charge in [-0.1, -0.05) is 48.0 Å². The summed E-state index contributed by atoms with van der Waals surface area (Å²) in [6.45, 7) is 2.08. The van der Waals surface area contributed by atoms with Gasteiger partial charge in [0.15, 0.2) is 0 Å². The molecule has 114 valence electrons. The first-order valence-corrected chi connectivity index (χ1v) is 8.38. The molecule has 0 spiro atoms. The Kier molecular flexibility index (Phi) is 6.49. The molecule has 2 aromatic carbocycles. The Hall–Kier alpha value is -1.78. The lowest BCUT2D eigenvalue weighted by molar-refractivity contribution is -0.118. The predicted molar refractivity (Wildman–Crippen MR) is 94.5 cm³/mol. The number of hydrogen-bond acceptors (Lipinski definition) is 3. The Morgan fingerprint density at radius 3 is 2.68 bits per heavy atom. The number of carbonyl (C=O) groups excluding carboxylic acids is 1. The van der Waals surface area contributed by atoms with E-state index in [1.807, 2.05) is 24.3 Å². The van der Waals surface area contributed by atoms with Gasteiger partial charge in [0.2, 0.25) is 5.91 Å². The molecule has 1 N–H and O–H groups in total. The van der Waals surface area contributed by atoms with E-state index >= 15 is 0 Å². The van der Waals surface area contributed by atoms with Crippen molar-refractivity contribution in [3.05, 3.63) is 70.2 Å². The Labute approximate surface area is 139 Å². The molecule has 0 aliphatic carbocycles. The summed E-state index contributed by atoms with van der Waals surface area (Å²) in [5.41, 5.74) is 5.91. The minimum Gasteiger partial charge on any atom is -0.272 e. The molecule has 0 unspecified atom stereocenters. The van der Waals surface area contributed by atoms with Gasteiger partial charge in [0.05, 0.1) is 12.0 Å². The van der Waals surface area contributed by atoms with Crippen LogP contribution in [0.2, 0.25) is 5.02 Å². The maximum Gasteiger partial charge on any atom is 0.250 e. The second-order valence-corrected chi connectivity index (χ2v) is 6.19. The molecule has 0 aliphatic rings. The van der Waals surface area contributed by atoms with Crippen molar-refractivity contribution in [1.29, 1.82) is 0 Å². The maximum absolute atomic E-state index is 11.7. The van der Waals surface area contributed by atoms with Crippen molar-refractivity contribution < 1.29 is 4.79 Å². The molecular weight excluding hydrogens is 316 g/mol. The van der Waals surface area contributed by atoms with Crippen molar-refractivity contribution in [1.82, 2.24) is 5.43 Å². The Morgan fingerprint density at radius 2 is 1.95 bits per heavy atom. The summed E-state index contributed by atoms with van der Waals surface area (Å²) in [5, 5.41) is 4.61. The zero-order valence-corrected chi connectivity index (χ0v) is 13.8. The Morgan fingerprint density at radius 1 is 1.23 bits per heavy atom. The third-order valence-electron chi connectivity index (χ3n) is 3.02. The van der Waals surface area contributed by atoms with Gasteiger partial charge in [0.1, 0.15) is 0 Å². The second-order valence-electron chi connectivity index (χ2n) is 4.76. The van der Waals surface area contributed by atoms with Crippen LogP contribution in [-0.2, 0) is 10.5 Å². The number of rotatable bonds is 6. The van der Waals surface area contributed by atoms with E-state index in [0.717, 1.165) is 11.3 Å². The number of hydrazone groups is 1. The van der Waals surface area contributed by atoms with E-state index in [1.54, 1.807) is 30.1 Å². The van der Waals surface area contributed by atoms with Crippen LogP contribution in [0, 0.1) is 6.92 Å². The second kappa shape index (κ2) is 8.61. The molecule has 2 rings (SSSR count). The summed E-state index contributed by atoms with van der Waals surface area (Å²) in [7, 11) is 0. The highest BCUT2D eigenvalue weighted by atomic mass is 35.5. The summed E-state index contributed by atoms with van der Waals surface area (Å²) < 4.78 is 0. The number of halogens is 1. The molecule has 0 atom stereocenters. The summed E-state index contributed by atoms with van der Waals surface area (Å²) in [5.74, 6) is 1.09. The van der Waals surface area contributed by atoms with E-state index in [9.17, 15) is 4.79 Å². The molecule has 0 heterocycles. The number of nitrogens with zero attached hydrogens (tertiary/aromatic N) is 1. The van der Waals surface area contributed by atoms with Gasteiger partial charge in [0, 0.05) is 10.8 Å². The van der Waals surface area contributed by atoms with Crippen LogP contribution in [0.25, 0.3) is 0 Å². The first kappa shape index (κ1) is 16.6. The lowest BCUT2D eigenvalue weighted by Crippen LogP contribution is -2.19. The molecule has 5 heteroatoms. The van der Waals surface area contributed by atoms with E-state index in [-0.39, 0.29) is 5.91 Å². The third-order valence-corrected chi connectivity index (χ3v) is 4.26. The summed E-state index contributed by atoms with van der Waals surface area (Å²) in [6.07, 6.45) is 1.60. The fourth-order valence-electron chi connectivity index (χ4n) is 1.79. The molecule has 0 aliphatic heterocycles. The minimum atomic E-state index is -0.108. The van der Waals surface area contributed by atoms with E-state index < -0.39 is 0 Å². The van der Waals surface area contributed by atoms with Crippen molar-refractivity contribution in [2.45, 2.75) is 12.7 Å². The molecule has 0 fully saturated rings. The van der Waals surface area contributed by atoms with Crippen LogP contribution in [0.3, 0.4) is 0 Å². The predicted octanol–water partition coefficient (Wildman–Crippen LogP) is 4.03. The number of aryl methyl sites for hydroxylation is 1. The molecule has 1 amide bonds. The number of benzene rings is 2. The molecule has 22 heavy (non-hydrogen) atoms. The van der Waals surface area contributed by atoms with E-state index in [2.05, 4.69) is 29.6 Å². The molecule has 3 nitrogen and oxygen atoms in total. The van der Waals surface area contributed by atoms with Crippen molar-refractivity contribution in [3.8, 4) is 0 Å². The smallest absolute Gasteiger partial charge is 0.250 e. The highest BCUT2D eigenvalue weighted by Crippen LogP contribution is 2.15. The first-order valence-electron chi connectivity index (χ1n) is 6.85. The molecule has 2 aromatic rings. The van der Waals surface area contributed by atoms with E-state index in [1.165, 1.54) is 11.1 Å². The average Bonchev–Trinajstić information content (AvgIpc) is 2.51. The van der Waals surface area contributed by atoms with Crippen LogP contribution in [0.5, 0.6) is 0 Å². The van der Waals surface area contributed by atoms with Gasteiger partial charge >= 0.3 is 0 Å². The molecular formula is C17H17ClN2OS. The Bertz CT molecular complexity index is 656. The monoisotopic (exact) mass is 332 g/mol. The van der Waals surface area contributed by atoms with Gasteiger partial charge in [-0.2, -0.15) is 5.10 Å². The Balaban J connectivity index is 1.72. The fraction of sp³-hybridized carbons (Fsp3) is 0.176. The highest BCUT2D eigenvalue weighted by Gasteiger charge is 2.02. The van der Waals surface area contributed by atoms with Crippen molar-refractivity contribution >= 4 is 35.5 Å². The van der Waals surface area contributed by atoms with Gasteiger partial charge < -0.3 is 0 Å². The lowest BCUT2D eigenvalue weighted by atomic mass is 10.1. The summed E-state index contributed by atoms with van der Waals surface area (Å²) in [6, 6.07) is 15.4. The van der Waals surface area contributed by atoms with E-state index in [4.69, 9.17) is 11.6 Å². The number of hydrogen-bond donors (Lipinski definition) is 1. The topological polar surface area (TPSA) is 41.5 Å². The molecule has 0 aromatic heterocycles. The normalized spacial score (nSPS) is 10.8. The van der Waals surface area contributed by atoms with Crippen LogP contribution >= 0.6 is 23.4 Å². The van der Waals surface area contributed by atoms with E-state index in [0.29, 0.717) is 10.8 Å². The number of carbonyl (C=O) groups is 1. The molecule has 0 radical (unpaired) electrons. The summed E-state index contributed by atoms with van der Waals surface area (Å²) >= 11 is 7.37. The van der Waals surface area contributed by atoms with Crippen molar-refractivity contribution in [2.24, 2.45) is 5.10 Å². The zero-order chi connectivity index (χ0) is 15.8. The first-order chi connectivity index (χ1) is 10.6. The highest BCUT2D eigenvalue weighted by molar-refractivity contribution is 7.99. The van der Waals surface area contributed by atoms with Gasteiger partial charge in [-0.25, -0.2) is 5.43 Å². The van der Waals surface area contributed by atoms with Gasteiger partial charge in [-0.05, 0) is 35.7 Å². The standard InChI is InChI=1S/C17H17ClN2OS/c1-13-4-2-3-5-15(13)11-22-12-17(21)20-19-10-14-6-8-16(18)9-7-14/h2-10H,11-12H2,1H3,(H,20,21)/b19-10-. The fourth-order valence-corrected chi connectivity index (χ4v) is 2.81. The molecule has 0 saturated heterocycles. The van der Waals surface area contributed by atoms with Crippen LogP contribution in [-0.4, -0.2) is 17.9 Å². The minimum absolute atomic E-state index is 0.108. The van der Waals surface area contributed by atoms with Crippen molar-refractivity contribution in [3.63, 3.8) is 0 Å². The molecule has 0 saturated carbocycles. The van der Waals surface area contributed by atoms with Gasteiger partial charge in [-0.3, -0.25) is 4.79 Å². The maximum atomic E-state index is 11.7. The SMILES string of the molecule is Cc1ccccc1CSCC(=O)N/N=C\c1ccc(Cl)cc1. The quantitative estimate of drug-likeness (QED) is 0.641. The lowest BCUT2D eigenvalue weighted by Gasteiger charge is -2.04. The molecule has 0 bridgehead atoms. The van der Waals surface area contributed by atoms with Gasteiger partial charge in [-0.15, -0.1) is 11.8 Å². The van der Waals surface area contributed by atoms with Crippen LogP contribution < -0.4 is 5.43 Å². The number of amides is 1. The zero-order valence-electron chi connectivity index (χ0n) is 12.3. The average molecular weight is 333 g/mol. The van der Waals surface area contributed by atoms with Crippen molar-refractivity contribution in [2.75, 3.05) is 5.75 Å². The van der Waals surface area contributed by atoms with Gasteiger partial charge in [0.25, 0.3) is 0 Å². The van der Waals surface area contributed by atoms with Crippen LogP contribution in [0.1, 0.15) is 16.7 Å². The van der Waals surface area contributed by atoms with Crippen LogP contribution in [0.4, 0.5) is 0 Å². The number of nitrogens with one attached hydrogen (secondary N) is 1.